The maximum atomic E-state index is 13.1. The first-order valence-corrected chi connectivity index (χ1v) is 11.0. The van der Waals surface area contributed by atoms with Crippen LogP contribution in [0.2, 0.25) is 0 Å². The van der Waals surface area contributed by atoms with E-state index < -0.39 is 0 Å². The average molecular weight is 407 g/mol. The second kappa shape index (κ2) is 7.59. The Labute approximate surface area is 172 Å². The lowest BCUT2D eigenvalue weighted by Crippen LogP contribution is -2.41. The third-order valence-corrected chi connectivity index (χ3v) is 6.60. The summed E-state index contributed by atoms with van der Waals surface area (Å²) in [6.45, 7) is 1.08. The highest BCUT2D eigenvalue weighted by Gasteiger charge is 2.31. The molecule has 1 saturated heterocycles. The molecule has 5 rings (SSSR count). The lowest BCUT2D eigenvalue weighted by Gasteiger charge is -2.25. The van der Waals surface area contributed by atoms with E-state index in [0.717, 1.165) is 47.5 Å². The van der Waals surface area contributed by atoms with Gasteiger partial charge in [-0.05, 0) is 36.3 Å². The van der Waals surface area contributed by atoms with E-state index >= 15 is 0 Å². The molecule has 1 aromatic carbocycles. The van der Waals surface area contributed by atoms with Gasteiger partial charge in [0.05, 0.1) is 35.5 Å². The van der Waals surface area contributed by atoms with Crippen molar-refractivity contribution in [2.45, 2.75) is 37.6 Å². The second-order valence-corrected chi connectivity index (χ2v) is 8.58. The van der Waals surface area contributed by atoms with Crippen LogP contribution in [-0.4, -0.2) is 48.9 Å². The Morgan fingerprint density at radius 1 is 1.24 bits per heavy atom. The van der Waals surface area contributed by atoms with E-state index in [4.69, 9.17) is 0 Å². The van der Waals surface area contributed by atoms with Crippen molar-refractivity contribution in [3.05, 3.63) is 63.8 Å². The molecule has 1 amide bonds. The quantitative estimate of drug-likeness (QED) is 0.663. The molecule has 1 fully saturated rings. The molecule has 2 aliphatic heterocycles. The van der Waals surface area contributed by atoms with Crippen molar-refractivity contribution in [2.24, 2.45) is 0 Å². The predicted molar refractivity (Wildman–Crippen MR) is 112 cm³/mol. The lowest BCUT2D eigenvalue weighted by atomic mass is 10.2. The summed E-state index contributed by atoms with van der Waals surface area (Å²) in [7, 11) is 0. The van der Waals surface area contributed by atoms with E-state index in [1.807, 2.05) is 40.9 Å². The van der Waals surface area contributed by atoms with Crippen molar-refractivity contribution in [1.29, 1.82) is 0 Å². The minimum Gasteiger partial charge on any atom is -0.332 e. The van der Waals surface area contributed by atoms with Crippen molar-refractivity contribution in [1.82, 2.24) is 24.6 Å². The van der Waals surface area contributed by atoms with Crippen LogP contribution in [-0.2, 0) is 18.7 Å². The maximum absolute atomic E-state index is 13.1. The molecule has 0 bridgehead atoms. The Morgan fingerprint density at radius 2 is 2.10 bits per heavy atom. The van der Waals surface area contributed by atoms with Gasteiger partial charge in [0, 0.05) is 24.8 Å². The third-order valence-electron chi connectivity index (χ3n) is 5.59. The van der Waals surface area contributed by atoms with Crippen molar-refractivity contribution >= 4 is 28.7 Å². The number of carbonyl (C=O) groups is 1. The van der Waals surface area contributed by atoms with Crippen LogP contribution in [0.25, 0.3) is 11.0 Å². The molecule has 7 nitrogen and oxygen atoms in total. The number of aromatic nitrogens is 4. The number of carbonyl (C=O) groups excluding carboxylic acids is 1. The topological polar surface area (TPSA) is 81.0 Å². The molecule has 8 heteroatoms. The summed E-state index contributed by atoms with van der Waals surface area (Å²) in [5, 5.41) is 4.61. The number of para-hydroxylation sites is 2. The third kappa shape index (κ3) is 3.53. The highest BCUT2D eigenvalue weighted by molar-refractivity contribution is 7.98. The van der Waals surface area contributed by atoms with Crippen LogP contribution in [0.5, 0.6) is 0 Å². The normalized spacial score (nSPS) is 18.8. The van der Waals surface area contributed by atoms with E-state index in [-0.39, 0.29) is 17.5 Å². The molecule has 2 aromatic heterocycles. The Bertz CT molecular complexity index is 1150. The molecule has 2 aliphatic rings. The van der Waals surface area contributed by atoms with Crippen molar-refractivity contribution in [3.63, 3.8) is 0 Å². The molecule has 0 saturated carbocycles. The van der Waals surface area contributed by atoms with Gasteiger partial charge in [-0.3, -0.25) is 14.6 Å². The molecule has 0 N–H and O–H groups in total. The molecule has 0 radical (unpaired) electrons. The average Bonchev–Trinajstić information content (AvgIpc) is 3.21. The Morgan fingerprint density at radius 3 is 3.00 bits per heavy atom. The predicted octanol–water partition coefficient (Wildman–Crippen LogP) is 2.28. The molecule has 0 spiro atoms. The molecule has 29 heavy (non-hydrogen) atoms. The van der Waals surface area contributed by atoms with Crippen LogP contribution in [0.1, 0.15) is 34.6 Å². The number of amides is 1. The summed E-state index contributed by atoms with van der Waals surface area (Å²) in [5.74, 6) is 1.76. The van der Waals surface area contributed by atoms with Crippen LogP contribution >= 0.6 is 11.8 Å². The van der Waals surface area contributed by atoms with Crippen LogP contribution in [0.15, 0.2) is 41.3 Å². The van der Waals surface area contributed by atoms with E-state index in [2.05, 4.69) is 15.1 Å². The van der Waals surface area contributed by atoms with E-state index in [9.17, 15) is 9.59 Å². The molecular formula is C21H21N5O2S. The number of rotatable bonds is 3. The monoisotopic (exact) mass is 407 g/mol. The zero-order valence-corrected chi connectivity index (χ0v) is 16.8. The van der Waals surface area contributed by atoms with E-state index in [1.165, 1.54) is 4.68 Å². The van der Waals surface area contributed by atoms with Gasteiger partial charge in [-0.25, -0.2) is 9.67 Å². The molecule has 148 valence electrons. The summed E-state index contributed by atoms with van der Waals surface area (Å²) in [5.41, 5.74) is 3.80. The van der Waals surface area contributed by atoms with Gasteiger partial charge in [-0.1, -0.05) is 12.1 Å². The van der Waals surface area contributed by atoms with Crippen LogP contribution in [0.4, 0.5) is 0 Å². The fourth-order valence-electron chi connectivity index (χ4n) is 4.08. The van der Waals surface area contributed by atoms with Crippen molar-refractivity contribution in [3.8, 4) is 0 Å². The minimum absolute atomic E-state index is 0.0583. The van der Waals surface area contributed by atoms with Gasteiger partial charge < -0.3 is 4.90 Å². The summed E-state index contributed by atoms with van der Waals surface area (Å²) in [6, 6.07) is 9.17. The maximum Gasteiger partial charge on any atom is 0.274 e. The van der Waals surface area contributed by atoms with Crippen LogP contribution in [0, 0.1) is 0 Å². The minimum atomic E-state index is -0.131. The zero-order chi connectivity index (χ0) is 19.8. The highest BCUT2D eigenvalue weighted by Crippen LogP contribution is 2.23. The summed E-state index contributed by atoms with van der Waals surface area (Å²) in [6.07, 6.45) is 4.20. The molecule has 3 aromatic rings. The molecule has 1 unspecified atom stereocenters. The number of likely N-dealkylation sites (tertiary alicyclic amines) is 1. The van der Waals surface area contributed by atoms with Crippen molar-refractivity contribution < 1.29 is 4.79 Å². The summed E-state index contributed by atoms with van der Waals surface area (Å²) >= 11 is 1.83. The number of fused-ring (bicyclic) bond motifs is 2. The van der Waals surface area contributed by atoms with Crippen molar-refractivity contribution in [2.75, 3.05) is 12.3 Å². The number of thioether (sulfide) groups is 1. The largest absolute Gasteiger partial charge is 0.332 e. The highest BCUT2D eigenvalue weighted by atomic mass is 32.2. The van der Waals surface area contributed by atoms with Gasteiger partial charge in [-0.2, -0.15) is 16.9 Å². The van der Waals surface area contributed by atoms with Crippen LogP contribution < -0.4 is 5.56 Å². The fourth-order valence-corrected chi connectivity index (χ4v) is 5.04. The van der Waals surface area contributed by atoms with Gasteiger partial charge in [0.2, 0.25) is 0 Å². The molecule has 4 heterocycles. The smallest absolute Gasteiger partial charge is 0.274 e. The number of benzene rings is 1. The van der Waals surface area contributed by atoms with E-state index in [0.29, 0.717) is 24.3 Å². The van der Waals surface area contributed by atoms with Gasteiger partial charge in [-0.15, -0.1) is 0 Å². The number of hydrogen-bond acceptors (Lipinski definition) is 6. The fraction of sp³-hybridized carbons (Fsp3) is 0.381. The summed E-state index contributed by atoms with van der Waals surface area (Å²) in [4.78, 5) is 36.3. The van der Waals surface area contributed by atoms with Gasteiger partial charge >= 0.3 is 0 Å². The summed E-state index contributed by atoms with van der Waals surface area (Å²) < 4.78 is 1.54. The first-order chi connectivity index (χ1) is 14.2. The van der Waals surface area contributed by atoms with Gasteiger partial charge in [0.15, 0.2) is 0 Å². The lowest BCUT2D eigenvalue weighted by molar-refractivity contribution is 0.0714. The first-order valence-electron chi connectivity index (χ1n) is 9.89. The zero-order valence-electron chi connectivity index (χ0n) is 16.0. The number of aryl methyl sites for hydroxylation is 1. The number of hydrogen-bond donors (Lipinski definition) is 0. The van der Waals surface area contributed by atoms with Crippen LogP contribution in [0.3, 0.4) is 0 Å². The van der Waals surface area contributed by atoms with Gasteiger partial charge in [0.1, 0.15) is 5.69 Å². The van der Waals surface area contributed by atoms with Gasteiger partial charge in [0.25, 0.3) is 11.5 Å². The Balaban J connectivity index is 1.39. The molecule has 0 aliphatic carbocycles. The standard InChI is InChI=1S/C21H21N5O2S/c27-20-10-14-13-29-9-7-16(14)24-26(20)12-15-4-3-8-25(15)21(28)19-11-22-17-5-1-2-6-18(17)23-19/h1-2,5-6,10-11,15H,3-4,7-9,12-13H2. The van der Waals surface area contributed by atoms with E-state index in [1.54, 1.807) is 12.3 Å². The number of nitrogens with zero attached hydrogens (tertiary/aromatic N) is 5. The Kier molecular flexibility index (Phi) is 4.79. The molecule has 1 atom stereocenters. The second-order valence-electron chi connectivity index (χ2n) is 7.48. The molecular weight excluding hydrogens is 386 g/mol. The SMILES string of the molecule is O=C(c1cnc2ccccc2n1)N1CCCC1Cn1nc2c(cc1=O)CSCC2. The Hall–Kier alpha value is -2.74. The first kappa shape index (κ1) is 18.3.